The van der Waals surface area contributed by atoms with E-state index < -0.39 is 0 Å². The molecule has 0 radical (unpaired) electrons. The summed E-state index contributed by atoms with van der Waals surface area (Å²) >= 11 is 0. The van der Waals surface area contributed by atoms with Crippen LogP contribution in [0.25, 0.3) is 76.9 Å². The predicted octanol–water partition coefficient (Wildman–Crippen LogP) is 9.17. The average molecular weight is 473 g/mol. The van der Waals surface area contributed by atoms with Gasteiger partial charge in [-0.25, -0.2) is 4.98 Å². The lowest BCUT2D eigenvalue weighted by molar-refractivity contribution is 0.669. The van der Waals surface area contributed by atoms with E-state index in [-0.39, 0.29) is 0 Å². The monoisotopic (exact) mass is 472 g/mol. The Hall–Kier alpha value is -5.02. The van der Waals surface area contributed by atoms with Crippen molar-refractivity contribution < 1.29 is 4.42 Å². The fourth-order valence-electron chi connectivity index (χ4n) is 5.52. The van der Waals surface area contributed by atoms with Crippen LogP contribution in [0, 0.1) is 0 Å². The highest BCUT2D eigenvalue weighted by molar-refractivity contribution is 6.23. The number of fused-ring (bicyclic) bond motifs is 9. The molecule has 0 saturated carbocycles. The topological polar surface area (TPSA) is 38.9 Å². The summed E-state index contributed by atoms with van der Waals surface area (Å²) in [5, 5.41) is 6.95. The van der Waals surface area contributed by atoms with E-state index in [4.69, 9.17) is 14.4 Å². The molecular weight excluding hydrogens is 452 g/mol. The number of pyridine rings is 2. The Balaban J connectivity index is 1.24. The zero-order valence-electron chi connectivity index (χ0n) is 19.8. The summed E-state index contributed by atoms with van der Waals surface area (Å²) in [7, 11) is 0. The molecular formula is C34H20N2O. The van der Waals surface area contributed by atoms with Gasteiger partial charge in [0, 0.05) is 33.3 Å². The van der Waals surface area contributed by atoms with Crippen LogP contribution in [-0.4, -0.2) is 9.97 Å². The molecule has 0 aliphatic heterocycles. The van der Waals surface area contributed by atoms with Gasteiger partial charge in [0.25, 0.3) is 0 Å². The fourth-order valence-corrected chi connectivity index (χ4v) is 5.52. The molecule has 0 bridgehead atoms. The van der Waals surface area contributed by atoms with Gasteiger partial charge < -0.3 is 4.42 Å². The van der Waals surface area contributed by atoms with E-state index in [0.717, 1.165) is 60.6 Å². The van der Waals surface area contributed by atoms with Crippen LogP contribution in [0.5, 0.6) is 0 Å². The third-order valence-corrected chi connectivity index (χ3v) is 7.33. The molecule has 0 N–H and O–H groups in total. The normalized spacial score (nSPS) is 11.8. The molecule has 0 fully saturated rings. The lowest BCUT2D eigenvalue weighted by atomic mass is 9.98. The SMILES string of the molecule is c1ccc2c(c1)oc1ccc(-c3ccc(-c4ccc5c6ccccc6c6cccnc6c5n4)cc3)cc12. The van der Waals surface area contributed by atoms with Gasteiger partial charge in [0.2, 0.25) is 0 Å². The molecule has 3 heterocycles. The number of nitrogens with zero attached hydrogens (tertiary/aromatic N) is 2. The predicted molar refractivity (Wildman–Crippen MR) is 153 cm³/mol. The highest BCUT2D eigenvalue weighted by Gasteiger charge is 2.12. The fraction of sp³-hybridized carbons (Fsp3) is 0. The van der Waals surface area contributed by atoms with Crippen molar-refractivity contribution in [2.45, 2.75) is 0 Å². The summed E-state index contributed by atoms with van der Waals surface area (Å²) in [6.07, 6.45) is 1.85. The third kappa shape index (κ3) is 3.08. The molecule has 0 aliphatic carbocycles. The summed E-state index contributed by atoms with van der Waals surface area (Å²) in [6.45, 7) is 0. The van der Waals surface area contributed by atoms with Crippen LogP contribution in [0.2, 0.25) is 0 Å². The zero-order valence-corrected chi connectivity index (χ0v) is 19.8. The van der Waals surface area contributed by atoms with Crippen LogP contribution in [0.3, 0.4) is 0 Å². The van der Waals surface area contributed by atoms with E-state index in [0.29, 0.717) is 0 Å². The summed E-state index contributed by atoms with van der Waals surface area (Å²) in [6, 6.07) is 40.1. The number of benzene rings is 5. The van der Waals surface area contributed by atoms with Crippen molar-refractivity contribution in [3.05, 3.63) is 121 Å². The molecule has 5 aromatic carbocycles. The Labute approximate surface area is 212 Å². The molecule has 3 aromatic heterocycles. The van der Waals surface area contributed by atoms with E-state index >= 15 is 0 Å². The molecule has 3 heteroatoms. The lowest BCUT2D eigenvalue weighted by Gasteiger charge is -2.11. The van der Waals surface area contributed by atoms with Crippen LogP contribution in [0.1, 0.15) is 0 Å². The summed E-state index contributed by atoms with van der Waals surface area (Å²) in [4.78, 5) is 9.84. The number of hydrogen-bond donors (Lipinski definition) is 0. The standard InChI is InChI=1S/C34H20N2O/c1-2-7-25-24(6-1)27-9-5-19-35-33(27)34-28(25)16-17-30(36-34)22-13-11-21(12-14-22)23-15-18-32-29(20-23)26-8-3-4-10-31(26)37-32/h1-20H. The van der Waals surface area contributed by atoms with Crippen LogP contribution in [-0.2, 0) is 0 Å². The van der Waals surface area contributed by atoms with Crippen LogP contribution in [0.15, 0.2) is 126 Å². The van der Waals surface area contributed by atoms with Crippen molar-refractivity contribution in [1.29, 1.82) is 0 Å². The Morgan fingerprint density at radius 1 is 0.432 bits per heavy atom. The minimum absolute atomic E-state index is 0.912. The van der Waals surface area contributed by atoms with Crippen LogP contribution >= 0.6 is 0 Å². The number of para-hydroxylation sites is 1. The first-order chi connectivity index (χ1) is 18.3. The number of hydrogen-bond acceptors (Lipinski definition) is 3. The van der Waals surface area contributed by atoms with Gasteiger partial charge in [0.1, 0.15) is 11.2 Å². The van der Waals surface area contributed by atoms with Gasteiger partial charge in [-0.2, -0.15) is 0 Å². The van der Waals surface area contributed by atoms with Crippen molar-refractivity contribution >= 4 is 54.5 Å². The first-order valence-electron chi connectivity index (χ1n) is 12.4. The van der Waals surface area contributed by atoms with E-state index in [1.54, 1.807) is 0 Å². The Kier molecular flexibility index (Phi) is 4.23. The van der Waals surface area contributed by atoms with Crippen molar-refractivity contribution in [2.75, 3.05) is 0 Å². The second-order valence-corrected chi connectivity index (χ2v) is 9.42. The Bertz CT molecular complexity index is 2100. The number of rotatable bonds is 2. The quantitative estimate of drug-likeness (QED) is 0.235. The Morgan fingerprint density at radius 3 is 1.92 bits per heavy atom. The molecule has 8 aromatic rings. The molecule has 0 saturated heterocycles. The largest absolute Gasteiger partial charge is 0.456 e. The second kappa shape index (κ2) is 7.74. The van der Waals surface area contributed by atoms with Gasteiger partial charge >= 0.3 is 0 Å². The average Bonchev–Trinajstić information content (AvgIpc) is 3.35. The molecule has 0 atom stereocenters. The van der Waals surface area contributed by atoms with Crippen molar-refractivity contribution in [2.24, 2.45) is 0 Å². The van der Waals surface area contributed by atoms with Gasteiger partial charge in [0.15, 0.2) is 0 Å². The maximum Gasteiger partial charge on any atom is 0.135 e. The second-order valence-electron chi connectivity index (χ2n) is 9.42. The first kappa shape index (κ1) is 20.2. The summed E-state index contributed by atoms with van der Waals surface area (Å²) < 4.78 is 6.00. The minimum Gasteiger partial charge on any atom is -0.456 e. The molecule has 3 nitrogen and oxygen atoms in total. The van der Waals surface area contributed by atoms with Crippen molar-refractivity contribution in [3.63, 3.8) is 0 Å². The van der Waals surface area contributed by atoms with E-state index in [2.05, 4.69) is 97.1 Å². The molecule has 0 spiro atoms. The minimum atomic E-state index is 0.912. The molecule has 0 amide bonds. The molecule has 0 aliphatic rings. The molecule has 0 unspecified atom stereocenters. The van der Waals surface area contributed by atoms with Gasteiger partial charge in [-0.3, -0.25) is 4.98 Å². The summed E-state index contributed by atoms with van der Waals surface area (Å²) in [5.74, 6) is 0. The van der Waals surface area contributed by atoms with E-state index in [1.807, 2.05) is 24.4 Å². The molecule has 37 heavy (non-hydrogen) atoms. The molecule has 172 valence electrons. The van der Waals surface area contributed by atoms with Gasteiger partial charge in [-0.05, 0) is 58.3 Å². The molecule has 8 rings (SSSR count). The van der Waals surface area contributed by atoms with E-state index in [9.17, 15) is 0 Å². The smallest absolute Gasteiger partial charge is 0.135 e. The van der Waals surface area contributed by atoms with Gasteiger partial charge in [-0.15, -0.1) is 0 Å². The number of aromatic nitrogens is 2. The third-order valence-electron chi connectivity index (χ3n) is 7.33. The first-order valence-corrected chi connectivity index (χ1v) is 12.4. The van der Waals surface area contributed by atoms with Crippen molar-refractivity contribution in [3.8, 4) is 22.4 Å². The number of furan rings is 1. The van der Waals surface area contributed by atoms with E-state index in [1.165, 1.54) is 16.3 Å². The van der Waals surface area contributed by atoms with Crippen molar-refractivity contribution in [1.82, 2.24) is 9.97 Å². The summed E-state index contributed by atoms with van der Waals surface area (Å²) in [5.41, 5.74) is 8.06. The zero-order chi connectivity index (χ0) is 24.3. The van der Waals surface area contributed by atoms with Crippen LogP contribution < -0.4 is 0 Å². The Morgan fingerprint density at radius 2 is 1.08 bits per heavy atom. The highest BCUT2D eigenvalue weighted by atomic mass is 16.3. The van der Waals surface area contributed by atoms with Gasteiger partial charge in [0.05, 0.1) is 16.7 Å². The van der Waals surface area contributed by atoms with Crippen LogP contribution in [0.4, 0.5) is 0 Å². The maximum atomic E-state index is 6.00. The van der Waals surface area contributed by atoms with Gasteiger partial charge in [-0.1, -0.05) is 78.9 Å². The highest BCUT2D eigenvalue weighted by Crippen LogP contribution is 2.35. The lowest BCUT2D eigenvalue weighted by Crippen LogP contribution is -1.91. The maximum absolute atomic E-state index is 6.00.